The Morgan fingerprint density at radius 2 is 1.85 bits per heavy atom. The maximum atomic E-state index is 5.84. The zero-order chi connectivity index (χ0) is 14.5. The van der Waals surface area contributed by atoms with Crippen LogP contribution in [0.4, 0.5) is 0 Å². The van der Waals surface area contributed by atoms with Gasteiger partial charge in [0.05, 0.1) is 6.61 Å². The van der Waals surface area contributed by atoms with Crippen LogP contribution in [0.3, 0.4) is 0 Å². The smallest absolute Gasteiger partial charge is 0.119 e. The SMILES string of the molecule is Cc1ccc(OCCCN2CC(C)NC(C)C2)cc1C. The average Bonchev–Trinajstić information content (AvgIpc) is 2.38. The Labute approximate surface area is 123 Å². The maximum absolute atomic E-state index is 5.84. The van der Waals surface area contributed by atoms with E-state index in [0.717, 1.165) is 38.4 Å². The topological polar surface area (TPSA) is 24.5 Å². The fourth-order valence-corrected chi connectivity index (χ4v) is 2.90. The van der Waals surface area contributed by atoms with E-state index < -0.39 is 0 Å². The number of hydrogen-bond acceptors (Lipinski definition) is 3. The summed E-state index contributed by atoms with van der Waals surface area (Å²) in [6.07, 6.45) is 1.09. The number of nitrogens with zero attached hydrogens (tertiary/aromatic N) is 1. The van der Waals surface area contributed by atoms with Gasteiger partial charge in [-0.05, 0) is 57.4 Å². The van der Waals surface area contributed by atoms with E-state index in [9.17, 15) is 0 Å². The van der Waals surface area contributed by atoms with Gasteiger partial charge in [-0.3, -0.25) is 0 Å². The molecule has 1 fully saturated rings. The molecule has 1 aliphatic heterocycles. The molecule has 3 heteroatoms. The molecule has 1 aromatic rings. The van der Waals surface area contributed by atoms with Gasteiger partial charge in [-0.15, -0.1) is 0 Å². The van der Waals surface area contributed by atoms with E-state index in [1.165, 1.54) is 11.1 Å². The standard InChI is InChI=1S/C17H28N2O/c1-13-6-7-17(10-14(13)2)20-9-5-8-19-11-15(3)18-16(4)12-19/h6-7,10,15-16,18H,5,8-9,11-12H2,1-4H3. The van der Waals surface area contributed by atoms with Crippen LogP contribution in [0.1, 0.15) is 31.4 Å². The first-order chi connectivity index (χ1) is 9.54. The summed E-state index contributed by atoms with van der Waals surface area (Å²) in [5.74, 6) is 0.996. The monoisotopic (exact) mass is 276 g/mol. The molecule has 0 spiro atoms. The first-order valence-corrected chi connectivity index (χ1v) is 7.73. The van der Waals surface area contributed by atoms with Crippen molar-refractivity contribution in [1.29, 1.82) is 0 Å². The molecule has 1 aliphatic rings. The predicted octanol–water partition coefficient (Wildman–Crippen LogP) is 2.75. The van der Waals surface area contributed by atoms with Crippen molar-refractivity contribution >= 4 is 0 Å². The van der Waals surface area contributed by atoms with Crippen molar-refractivity contribution in [2.45, 2.75) is 46.2 Å². The van der Waals surface area contributed by atoms with Gasteiger partial charge in [0.25, 0.3) is 0 Å². The van der Waals surface area contributed by atoms with Gasteiger partial charge < -0.3 is 15.0 Å². The van der Waals surface area contributed by atoms with Crippen molar-refractivity contribution < 1.29 is 4.74 Å². The lowest BCUT2D eigenvalue weighted by atomic mass is 10.1. The minimum Gasteiger partial charge on any atom is -0.494 e. The van der Waals surface area contributed by atoms with Crippen molar-refractivity contribution in [3.05, 3.63) is 29.3 Å². The van der Waals surface area contributed by atoms with E-state index in [2.05, 4.69) is 56.1 Å². The highest BCUT2D eigenvalue weighted by atomic mass is 16.5. The van der Waals surface area contributed by atoms with Crippen LogP contribution in [0.15, 0.2) is 18.2 Å². The van der Waals surface area contributed by atoms with Gasteiger partial charge in [-0.1, -0.05) is 6.07 Å². The summed E-state index contributed by atoms with van der Waals surface area (Å²) in [6, 6.07) is 7.52. The molecule has 2 unspecified atom stereocenters. The second-order valence-corrected chi connectivity index (χ2v) is 6.18. The zero-order valence-electron chi connectivity index (χ0n) is 13.3. The van der Waals surface area contributed by atoms with Gasteiger partial charge in [0.15, 0.2) is 0 Å². The van der Waals surface area contributed by atoms with Crippen molar-refractivity contribution in [1.82, 2.24) is 10.2 Å². The Morgan fingerprint density at radius 3 is 2.50 bits per heavy atom. The number of rotatable bonds is 5. The molecule has 0 aliphatic carbocycles. The van der Waals surface area contributed by atoms with Gasteiger partial charge in [0, 0.05) is 31.7 Å². The van der Waals surface area contributed by atoms with Gasteiger partial charge >= 0.3 is 0 Å². The van der Waals surface area contributed by atoms with Gasteiger partial charge in [0.1, 0.15) is 5.75 Å². The summed E-state index contributed by atoms with van der Waals surface area (Å²) in [7, 11) is 0. The van der Waals surface area contributed by atoms with Crippen LogP contribution < -0.4 is 10.1 Å². The van der Waals surface area contributed by atoms with Gasteiger partial charge in [-0.25, -0.2) is 0 Å². The van der Waals surface area contributed by atoms with Crippen LogP contribution in [0.25, 0.3) is 0 Å². The number of nitrogens with one attached hydrogen (secondary N) is 1. The van der Waals surface area contributed by atoms with Crippen molar-refractivity contribution in [3.63, 3.8) is 0 Å². The molecule has 20 heavy (non-hydrogen) atoms. The number of ether oxygens (including phenoxy) is 1. The highest BCUT2D eigenvalue weighted by molar-refractivity contribution is 5.33. The fourth-order valence-electron chi connectivity index (χ4n) is 2.90. The maximum Gasteiger partial charge on any atom is 0.119 e. The number of benzene rings is 1. The Morgan fingerprint density at radius 1 is 1.15 bits per heavy atom. The summed E-state index contributed by atoms with van der Waals surface area (Å²) >= 11 is 0. The van der Waals surface area contributed by atoms with Crippen LogP contribution in [-0.2, 0) is 0 Å². The molecule has 0 saturated carbocycles. The molecule has 0 aromatic heterocycles. The molecule has 0 radical (unpaired) electrons. The molecule has 1 N–H and O–H groups in total. The van der Waals surface area contributed by atoms with Crippen LogP contribution in [0.2, 0.25) is 0 Å². The number of hydrogen-bond donors (Lipinski definition) is 1. The second kappa shape index (κ2) is 7.09. The summed E-state index contributed by atoms with van der Waals surface area (Å²) in [6.45, 7) is 13.0. The summed E-state index contributed by atoms with van der Waals surface area (Å²) in [5, 5.41) is 3.56. The lowest BCUT2D eigenvalue weighted by Crippen LogP contribution is -2.54. The van der Waals surface area contributed by atoms with E-state index >= 15 is 0 Å². The first kappa shape index (κ1) is 15.3. The predicted molar refractivity (Wildman–Crippen MR) is 84.5 cm³/mol. The van der Waals surface area contributed by atoms with E-state index in [1.54, 1.807) is 0 Å². The Hall–Kier alpha value is -1.06. The van der Waals surface area contributed by atoms with Crippen LogP contribution in [-0.4, -0.2) is 43.2 Å². The van der Waals surface area contributed by atoms with Gasteiger partial charge in [0.2, 0.25) is 0 Å². The quantitative estimate of drug-likeness (QED) is 0.837. The van der Waals surface area contributed by atoms with E-state index in [4.69, 9.17) is 4.74 Å². The molecule has 0 amide bonds. The second-order valence-electron chi connectivity index (χ2n) is 6.18. The van der Waals surface area contributed by atoms with Crippen molar-refractivity contribution in [3.8, 4) is 5.75 Å². The third-order valence-corrected chi connectivity index (χ3v) is 4.00. The van der Waals surface area contributed by atoms with E-state index in [-0.39, 0.29) is 0 Å². The number of piperazine rings is 1. The van der Waals surface area contributed by atoms with Crippen LogP contribution in [0.5, 0.6) is 5.75 Å². The van der Waals surface area contributed by atoms with Crippen LogP contribution in [0, 0.1) is 13.8 Å². The molecule has 0 bridgehead atoms. The molecule has 2 rings (SSSR count). The summed E-state index contributed by atoms with van der Waals surface area (Å²) in [4.78, 5) is 2.54. The Balaban J connectivity index is 1.69. The van der Waals surface area contributed by atoms with E-state index in [1.807, 2.05) is 0 Å². The van der Waals surface area contributed by atoms with E-state index in [0.29, 0.717) is 12.1 Å². The largest absolute Gasteiger partial charge is 0.494 e. The lowest BCUT2D eigenvalue weighted by molar-refractivity contribution is 0.161. The van der Waals surface area contributed by atoms with Crippen LogP contribution >= 0.6 is 0 Å². The third-order valence-electron chi connectivity index (χ3n) is 4.00. The Kier molecular flexibility index (Phi) is 5.44. The molecular weight excluding hydrogens is 248 g/mol. The number of aryl methyl sites for hydroxylation is 2. The third kappa shape index (κ3) is 4.50. The summed E-state index contributed by atoms with van der Waals surface area (Å²) in [5.41, 5.74) is 2.62. The summed E-state index contributed by atoms with van der Waals surface area (Å²) < 4.78 is 5.84. The molecule has 1 heterocycles. The molecule has 112 valence electrons. The molecule has 2 atom stereocenters. The normalized spacial score (nSPS) is 23.8. The molecular formula is C17H28N2O. The van der Waals surface area contributed by atoms with Crippen molar-refractivity contribution in [2.75, 3.05) is 26.2 Å². The lowest BCUT2D eigenvalue weighted by Gasteiger charge is -2.36. The Bertz CT molecular complexity index is 423. The minimum atomic E-state index is 0.597. The molecule has 1 aromatic carbocycles. The van der Waals surface area contributed by atoms with Crippen molar-refractivity contribution in [2.24, 2.45) is 0 Å². The molecule has 1 saturated heterocycles. The average molecular weight is 276 g/mol. The molecule has 3 nitrogen and oxygen atoms in total. The highest BCUT2D eigenvalue weighted by Crippen LogP contribution is 2.16. The fraction of sp³-hybridized carbons (Fsp3) is 0.647. The van der Waals surface area contributed by atoms with Gasteiger partial charge in [-0.2, -0.15) is 0 Å². The zero-order valence-corrected chi connectivity index (χ0v) is 13.3. The minimum absolute atomic E-state index is 0.597. The highest BCUT2D eigenvalue weighted by Gasteiger charge is 2.19. The first-order valence-electron chi connectivity index (χ1n) is 7.73.